The van der Waals surface area contributed by atoms with E-state index in [0.717, 1.165) is 50.0 Å². The molecule has 31 heavy (non-hydrogen) atoms. The lowest BCUT2D eigenvalue weighted by Gasteiger charge is -2.31. The Kier molecular flexibility index (Phi) is 7.30. The molecule has 0 spiro atoms. The zero-order valence-corrected chi connectivity index (χ0v) is 17.7. The Morgan fingerprint density at radius 2 is 1.81 bits per heavy atom. The van der Waals surface area contributed by atoms with Crippen molar-refractivity contribution in [1.29, 1.82) is 0 Å². The molecular weight excluding hydrogens is 409 g/mol. The van der Waals surface area contributed by atoms with E-state index in [9.17, 15) is 18.0 Å². The van der Waals surface area contributed by atoms with E-state index in [1.54, 1.807) is 12.1 Å². The number of nitrogens with one attached hydrogen (secondary N) is 1. The van der Waals surface area contributed by atoms with Crippen LogP contribution in [-0.2, 0) is 17.4 Å². The fourth-order valence-corrected chi connectivity index (χ4v) is 3.83. The second-order valence-electron chi connectivity index (χ2n) is 7.48. The smallest absolute Gasteiger partial charge is 0.416 e. The molecule has 8 heteroatoms. The van der Waals surface area contributed by atoms with E-state index < -0.39 is 11.7 Å². The van der Waals surface area contributed by atoms with Gasteiger partial charge in [0.05, 0.1) is 31.2 Å². The fourth-order valence-electron chi connectivity index (χ4n) is 3.83. The number of methoxy groups -OCH3 is 2. The summed E-state index contributed by atoms with van der Waals surface area (Å²) in [5.74, 6) is 0.749. The van der Waals surface area contributed by atoms with Crippen molar-refractivity contribution in [2.45, 2.75) is 38.3 Å². The molecule has 0 saturated carbocycles. The number of hydrogen-bond donors (Lipinski definition) is 1. The number of rotatable bonds is 7. The molecule has 0 unspecified atom stereocenters. The third-order valence-corrected chi connectivity index (χ3v) is 5.40. The van der Waals surface area contributed by atoms with Crippen LogP contribution in [0.2, 0.25) is 0 Å². The summed E-state index contributed by atoms with van der Waals surface area (Å²) in [6.07, 6.45) is -0.966. The van der Waals surface area contributed by atoms with Gasteiger partial charge in [-0.2, -0.15) is 13.2 Å². The van der Waals surface area contributed by atoms with E-state index in [1.807, 2.05) is 11.0 Å². The molecule has 1 saturated heterocycles. The van der Waals surface area contributed by atoms with Crippen LogP contribution in [0.25, 0.3) is 0 Å². The van der Waals surface area contributed by atoms with Gasteiger partial charge in [0.25, 0.3) is 0 Å². The minimum absolute atomic E-state index is 0.0964. The first kappa shape index (κ1) is 22.8. The lowest BCUT2D eigenvalue weighted by atomic mass is 10.1. The molecule has 1 aliphatic rings. The third-order valence-electron chi connectivity index (χ3n) is 5.40. The molecule has 0 aromatic heterocycles. The highest BCUT2D eigenvalue weighted by Gasteiger charge is 2.32. The number of aryl methyl sites for hydroxylation is 1. The van der Waals surface area contributed by atoms with Crippen molar-refractivity contribution in [3.8, 4) is 11.5 Å². The number of para-hydroxylation sites is 1. The molecular formula is C23H27F3N2O3. The van der Waals surface area contributed by atoms with Crippen molar-refractivity contribution in [3.63, 3.8) is 0 Å². The molecule has 2 aromatic carbocycles. The molecule has 0 aliphatic carbocycles. The lowest BCUT2D eigenvalue weighted by Crippen LogP contribution is -2.30. The average Bonchev–Trinajstić information content (AvgIpc) is 2.77. The van der Waals surface area contributed by atoms with Gasteiger partial charge in [-0.05, 0) is 55.5 Å². The number of carbonyl (C=O) groups excluding carboxylic acids is 1. The Balaban J connectivity index is 1.78. The summed E-state index contributed by atoms with van der Waals surface area (Å²) in [7, 11) is 3.05. The molecule has 5 nitrogen and oxygen atoms in total. The minimum Gasteiger partial charge on any atom is -0.493 e. The molecule has 168 valence electrons. The van der Waals surface area contributed by atoms with Crippen LogP contribution in [0.4, 0.5) is 24.5 Å². The first-order chi connectivity index (χ1) is 14.8. The van der Waals surface area contributed by atoms with Gasteiger partial charge >= 0.3 is 6.18 Å². The van der Waals surface area contributed by atoms with Crippen LogP contribution < -0.4 is 19.7 Å². The maximum Gasteiger partial charge on any atom is 0.416 e. The molecule has 3 rings (SSSR count). The summed E-state index contributed by atoms with van der Waals surface area (Å²) in [5, 5.41) is 2.70. The van der Waals surface area contributed by atoms with Gasteiger partial charge in [-0.1, -0.05) is 12.1 Å². The molecule has 1 fully saturated rings. The molecule has 0 atom stereocenters. The number of benzene rings is 2. The van der Waals surface area contributed by atoms with Gasteiger partial charge < -0.3 is 19.7 Å². The highest BCUT2D eigenvalue weighted by Crippen LogP contribution is 2.37. The lowest BCUT2D eigenvalue weighted by molar-refractivity contribution is -0.137. The number of amides is 1. The second kappa shape index (κ2) is 9.94. The Morgan fingerprint density at radius 3 is 2.45 bits per heavy atom. The largest absolute Gasteiger partial charge is 0.493 e. The third kappa shape index (κ3) is 5.62. The van der Waals surface area contributed by atoms with E-state index in [2.05, 4.69) is 5.32 Å². The van der Waals surface area contributed by atoms with E-state index in [4.69, 9.17) is 9.47 Å². The van der Waals surface area contributed by atoms with Crippen LogP contribution in [0.15, 0.2) is 36.4 Å². The molecule has 1 N–H and O–H groups in total. The first-order valence-electron chi connectivity index (χ1n) is 10.3. The zero-order valence-electron chi connectivity index (χ0n) is 17.7. The van der Waals surface area contributed by atoms with Crippen molar-refractivity contribution >= 4 is 17.3 Å². The summed E-state index contributed by atoms with van der Waals surface area (Å²) in [6, 6.07) is 8.94. The number of ether oxygens (including phenoxy) is 2. The Hall–Kier alpha value is -2.90. The van der Waals surface area contributed by atoms with Gasteiger partial charge in [-0.15, -0.1) is 0 Å². The normalized spacial score (nSPS) is 14.3. The molecule has 1 amide bonds. The predicted molar refractivity (Wildman–Crippen MR) is 114 cm³/mol. The van der Waals surface area contributed by atoms with Crippen LogP contribution in [0.1, 0.15) is 36.8 Å². The van der Waals surface area contributed by atoms with E-state index in [1.165, 1.54) is 20.3 Å². The Labute approximate surface area is 180 Å². The quantitative estimate of drug-likeness (QED) is 0.641. The van der Waals surface area contributed by atoms with Crippen molar-refractivity contribution < 1.29 is 27.4 Å². The Bertz CT molecular complexity index is 909. The van der Waals surface area contributed by atoms with Crippen LogP contribution in [-0.4, -0.2) is 33.2 Å². The summed E-state index contributed by atoms with van der Waals surface area (Å²) >= 11 is 0. The van der Waals surface area contributed by atoms with Crippen molar-refractivity contribution in [2.75, 3.05) is 37.5 Å². The van der Waals surface area contributed by atoms with Gasteiger partial charge in [0, 0.05) is 19.5 Å². The molecule has 1 heterocycles. The van der Waals surface area contributed by atoms with Crippen LogP contribution in [0.5, 0.6) is 11.5 Å². The van der Waals surface area contributed by atoms with Crippen LogP contribution >= 0.6 is 0 Å². The Morgan fingerprint density at radius 1 is 1.06 bits per heavy atom. The molecule has 2 aromatic rings. The van der Waals surface area contributed by atoms with Crippen LogP contribution in [0, 0.1) is 0 Å². The minimum atomic E-state index is -4.48. The SMILES string of the molecule is COc1cccc(CCC(=O)Nc2cc(C(F)(F)F)ccc2N2CCCCC2)c1OC. The molecule has 0 radical (unpaired) electrons. The standard InChI is InChI=1S/C23H27F3N2O3/c1-30-20-8-6-7-16(22(20)31-2)9-12-21(29)27-18-15-17(23(24,25)26)10-11-19(18)28-13-4-3-5-14-28/h6-8,10-11,15H,3-5,9,12-14H2,1-2H3,(H,27,29). The molecule has 1 aliphatic heterocycles. The highest BCUT2D eigenvalue weighted by atomic mass is 19.4. The van der Waals surface area contributed by atoms with Crippen LogP contribution in [0.3, 0.4) is 0 Å². The topological polar surface area (TPSA) is 50.8 Å². The number of halogens is 3. The predicted octanol–water partition coefficient (Wildman–Crippen LogP) is 5.28. The summed E-state index contributed by atoms with van der Waals surface area (Å²) < 4.78 is 50.4. The monoisotopic (exact) mass is 436 g/mol. The first-order valence-corrected chi connectivity index (χ1v) is 10.3. The fraction of sp³-hybridized carbons (Fsp3) is 0.435. The highest BCUT2D eigenvalue weighted by molar-refractivity contribution is 5.94. The zero-order chi connectivity index (χ0) is 22.4. The maximum atomic E-state index is 13.3. The van der Waals surface area contributed by atoms with Crippen molar-refractivity contribution in [1.82, 2.24) is 0 Å². The molecule has 0 bridgehead atoms. The maximum absolute atomic E-state index is 13.3. The van der Waals surface area contributed by atoms with Gasteiger partial charge in [0.1, 0.15) is 0 Å². The number of piperidine rings is 1. The summed E-state index contributed by atoms with van der Waals surface area (Å²) in [5.41, 5.74) is 0.828. The van der Waals surface area contributed by atoms with E-state index in [0.29, 0.717) is 23.6 Å². The van der Waals surface area contributed by atoms with Crippen molar-refractivity contribution in [3.05, 3.63) is 47.5 Å². The number of anilines is 2. The second-order valence-corrected chi connectivity index (χ2v) is 7.48. The number of alkyl halides is 3. The van der Waals surface area contributed by atoms with Crippen molar-refractivity contribution in [2.24, 2.45) is 0 Å². The summed E-state index contributed by atoms with van der Waals surface area (Å²) in [4.78, 5) is 14.7. The van der Waals surface area contributed by atoms with Gasteiger partial charge in [0.15, 0.2) is 11.5 Å². The van der Waals surface area contributed by atoms with Gasteiger partial charge in [0.2, 0.25) is 5.91 Å². The number of nitrogens with zero attached hydrogens (tertiary/aromatic N) is 1. The number of carbonyl (C=O) groups is 1. The van der Waals surface area contributed by atoms with Gasteiger partial charge in [-0.25, -0.2) is 0 Å². The summed E-state index contributed by atoms with van der Waals surface area (Å²) in [6.45, 7) is 1.52. The van der Waals surface area contributed by atoms with E-state index >= 15 is 0 Å². The average molecular weight is 436 g/mol. The van der Waals surface area contributed by atoms with E-state index in [-0.39, 0.29) is 18.0 Å². The number of hydrogen-bond acceptors (Lipinski definition) is 4. The van der Waals surface area contributed by atoms with Gasteiger partial charge in [-0.3, -0.25) is 4.79 Å².